The van der Waals surface area contributed by atoms with Crippen molar-refractivity contribution >= 4 is 12.1 Å². The molecule has 0 bridgehead atoms. The maximum Gasteiger partial charge on any atom is 0.162 e. The van der Waals surface area contributed by atoms with Crippen LogP contribution >= 0.6 is 0 Å². The van der Waals surface area contributed by atoms with Crippen molar-refractivity contribution in [3.05, 3.63) is 59.7 Å². The van der Waals surface area contributed by atoms with Crippen molar-refractivity contribution in [2.75, 3.05) is 0 Å². The molecular formula is C16H14O2. The van der Waals surface area contributed by atoms with Crippen LogP contribution in [0.15, 0.2) is 48.5 Å². The van der Waals surface area contributed by atoms with Crippen molar-refractivity contribution in [1.82, 2.24) is 0 Å². The minimum atomic E-state index is 0.142. The van der Waals surface area contributed by atoms with Crippen LogP contribution in [0.25, 0.3) is 11.1 Å². The Bertz CT molecular complexity index is 568. The molecule has 0 fully saturated rings. The lowest BCUT2D eigenvalue weighted by Crippen LogP contribution is -1.95. The quantitative estimate of drug-likeness (QED) is 0.600. The van der Waals surface area contributed by atoms with Crippen LogP contribution in [0.5, 0.6) is 0 Å². The fraction of sp³-hybridized carbons (Fsp3) is 0.125. The molecule has 0 heterocycles. The highest BCUT2D eigenvalue weighted by atomic mass is 16.1. The Morgan fingerprint density at radius 3 is 2.39 bits per heavy atom. The molecule has 2 rings (SSSR count). The van der Waals surface area contributed by atoms with Gasteiger partial charge in [-0.15, -0.1) is 0 Å². The molecule has 2 aromatic rings. The summed E-state index contributed by atoms with van der Waals surface area (Å²) in [5.41, 5.74) is 3.37. The maximum atomic E-state index is 11.5. The zero-order valence-electron chi connectivity index (χ0n) is 10.2. The minimum Gasteiger partial charge on any atom is -0.298 e. The van der Waals surface area contributed by atoms with E-state index in [0.717, 1.165) is 23.0 Å². The van der Waals surface area contributed by atoms with Crippen molar-refractivity contribution in [1.29, 1.82) is 0 Å². The summed E-state index contributed by atoms with van der Waals surface area (Å²) in [6.45, 7) is 1.85. The molecule has 0 aliphatic heterocycles. The van der Waals surface area contributed by atoms with Gasteiger partial charge in [-0.25, -0.2) is 0 Å². The van der Waals surface area contributed by atoms with E-state index in [4.69, 9.17) is 0 Å². The van der Waals surface area contributed by atoms with Gasteiger partial charge in [0.25, 0.3) is 0 Å². The van der Waals surface area contributed by atoms with E-state index in [1.165, 1.54) is 0 Å². The monoisotopic (exact) mass is 238 g/mol. The third kappa shape index (κ3) is 2.54. The van der Waals surface area contributed by atoms with Gasteiger partial charge in [0.15, 0.2) is 5.78 Å². The number of ketones is 1. The first-order valence-electron chi connectivity index (χ1n) is 5.93. The van der Waals surface area contributed by atoms with E-state index < -0.39 is 0 Å². The van der Waals surface area contributed by atoms with Gasteiger partial charge in [-0.3, -0.25) is 9.59 Å². The predicted octanol–water partition coefficient (Wildman–Crippen LogP) is 3.76. The van der Waals surface area contributed by atoms with Gasteiger partial charge in [0.1, 0.15) is 6.29 Å². The van der Waals surface area contributed by atoms with Crippen molar-refractivity contribution in [3.63, 3.8) is 0 Å². The number of Topliss-reactive ketones (excluding diaryl/α,β-unsaturated/α-hetero) is 1. The number of benzene rings is 2. The third-order valence-electron chi connectivity index (χ3n) is 2.88. The van der Waals surface area contributed by atoms with Gasteiger partial charge in [0, 0.05) is 17.5 Å². The van der Waals surface area contributed by atoms with E-state index in [-0.39, 0.29) is 5.78 Å². The molecule has 0 aliphatic rings. The average Bonchev–Trinajstić information content (AvgIpc) is 2.46. The smallest absolute Gasteiger partial charge is 0.162 e. The van der Waals surface area contributed by atoms with Gasteiger partial charge < -0.3 is 0 Å². The summed E-state index contributed by atoms with van der Waals surface area (Å²) in [6, 6.07) is 14.9. The first-order valence-corrected chi connectivity index (χ1v) is 5.93. The van der Waals surface area contributed by atoms with Gasteiger partial charge >= 0.3 is 0 Å². The highest BCUT2D eigenvalue weighted by Gasteiger charge is 2.03. The van der Waals surface area contributed by atoms with E-state index in [1.54, 1.807) is 6.07 Å². The van der Waals surface area contributed by atoms with E-state index in [1.807, 2.05) is 49.4 Å². The molecule has 0 unspecified atom stereocenters. The second-order valence-electron chi connectivity index (χ2n) is 4.10. The summed E-state index contributed by atoms with van der Waals surface area (Å²) in [5, 5.41) is 0. The second kappa shape index (κ2) is 5.41. The average molecular weight is 238 g/mol. The predicted molar refractivity (Wildman–Crippen MR) is 71.9 cm³/mol. The van der Waals surface area contributed by atoms with Gasteiger partial charge in [-0.2, -0.15) is 0 Å². The Morgan fingerprint density at radius 2 is 1.78 bits per heavy atom. The lowest BCUT2D eigenvalue weighted by Gasteiger charge is -2.04. The topological polar surface area (TPSA) is 34.1 Å². The fourth-order valence-electron chi connectivity index (χ4n) is 1.84. The molecule has 0 aromatic heterocycles. The molecule has 0 saturated carbocycles. The number of carbonyl (C=O) groups excluding carboxylic acids is 2. The largest absolute Gasteiger partial charge is 0.298 e. The van der Waals surface area contributed by atoms with Crippen molar-refractivity contribution in [3.8, 4) is 11.1 Å². The lowest BCUT2D eigenvalue weighted by atomic mass is 10.0. The summed E-state index contributed by atoms with van der Waals surface area (Å²) in [7, 11) is 0. The van der Waals surface area contributed by atoms with Gasteiger partial charge in [-0.05, 0) is 17.2 Å². The Labute approximate surface area is 106 Å². The van der Waals surface area contributed by atoms with E-state index in [9.17, 15) is 9.59 Å². The van der Waals surface area contributed by atoms with Gasteiger partial charge in [-0.1, -0.05) is 49.4 Å². The standard InChI is InChI=1S/C16H14O2/c1-2-16(18)14-8-6-13(7-9-14)15-5-3-4-12(10-15)11-17/h3-11H,2H2,1H3. The Kier molecular flexibility index (Phi) is 3.68. The second-order valence-corrected chi connectivity index (χ2v) is 4.10. The molecule has 2 nitrogen and oxygen atoms in total. The SMILES string of the molecule is CCC(=O)c1ccc(-c2cccc(C=O)c2)cc1. The van der Waals surface area contributed by atoms with Crippen LogP contribution in [0.3, 0.4) is 0 Å². The molecule has 0 amide bonds. The molecule has 0 radical (unpaired) electrons. The molecular weight excluding hydrogens is 224 g/mol. The lowest BCUT2D eigenvalue weighted by molar-refractivity contribution is 0.0988. The normalized spacial score (nSPS) is 10.1. The molecule has 0 saturated heterocycles. The Balaban J connectivity index is 2.33. The zero-order chi connectivity index (χ0) is 13.0. The molecule has 2 aromatic carbocycles. The van der Waals surface area contributed by atoms with Crippen LogP contribution in [-0.2, 0) is 0 Å². The molecule has 18 heavy (non-hydrogen) atoms. The number of carbonyl (C=O) groups is 2. The van der Waals surface area contributed by atoms with Crippen molar-refractivity contribution < 1.29 is 9.59 Å². The fourth-order valence-corrected chi connectivity index (χ4v) is 1.84. The number of aldehydes is 1. The third-order valence-corrected chi connectivity index (χ3v) is 2.88. The summed E-state index contributed by atoms with van der Waals surface area (Å²) in [5.74, 6) is 0.142. The van der Waals surface area contributed by atoms with Gasteiger partial charge in [0.2, 0.25) is 0 Å². The van der Waals surface area contributed by atoms with Crippen LogP contribution in [0.2, 0.25) is 0 Å². The Hall–Kier alpha value is -2.22. The molecule has 2 heteroatoms. The van der Waals surface area contributed by atoms with Crippen LogP contribution in [0, 0.1) is 0 Å². The number of hydrogen-bond acceptors (Lipinski definition) is 2. The molecule has 0 spiro atoms. The zero-order valence-corrected chi connectivity index (χ0v) is 10.2. The highest BCUT2D eigenvalue weighted by molar-refractivity contribution is 5.96. The molecule has 0 N–H and O–H groups in total. The summed E-state index contributed by atoms with van der Waals surface area (Å²) < 4.78 is 0. The van der Waals surface area contributed by atoms with Crippen LogP contribution in [0.4, 0.5) is 0 Å². The summed E-state index contributed by atoms with van der Waals surface area (Å²) in [6.07, 6.45) is 1.35. The molecule has 90 valence electrons. The van der Waals surface area contributed by atoms with Crippen LogP contribution in [-0.4, -0.2) is 12.1 Å². The van der Waals surface area contributed by atoms with Crippen LogP contribution < -0.4 is 0 Å². The maximum absolute atomic E-state index is 11.5. The molecule has 0 atom stereocenters. The minimum absolute atomic E-state index is 0.142. The van der Waals surface area contributed by atoms with Crippen LogP contribution in [0.1, 0.15) is 34.1 Å². The van der Waals surface area contributed by atoms with Crippen molar-refractivity contribution in [2.24, 2.45) is 0 Å². The first-order chi connectivity index (χ1) is 8.74. The summed E-state index contributed by atoms with van der Waals surface area (Å²) >= 11 is 0. The van der Waals surface area contributed by atoms with Crippen molar-refractivity contribution in [2.45, 2.75) is 13.3 Å². The van der Waals surface area contributed by atoms with E-state index in [2.05, 4.69) is 0 Å². The molecule has 0 aliphatic carbocycles. The summed E-state index contributed by atoms with van der Waals surface area (Å²) in [4.78, 5) is 22.2. The van der Waals surface area contributed by atoms with E-state index in [0.29, 0.717) is 12.0 Å². The number of rotatable bonds is 4. The van der Waals surface area contributed by atoms with E-state index >= 15 is 0 Å². The first kappa shape index (κ1) is 12.2. The van der Waals surface area contributed by atoms with Gasteiger partial charge in [0.05, 0.1) is 0 Å². The Morgan fingerprint density at radius 1 is 1.06 bits per heavy atom. The highest BCUT2D eigenvalue weighted by Crippen LogP contribution is 2.21. The number of hydrogen-bond donors (Lipinski definition) is 0.